The van der Waals surface area contributed by atoms with Crippen LogP contribution < -0.4 is 11.1 Å². The second-order valence-corrected chi connectivity index (χ2v) is 4.82. The number of hydrogen-bond donors (Lipinski definition) is 2. The Labute approximate surface area is 111 Å². The van der Waals surface area contributed by atoms with Crippen molar-refractivity contribution in [1.29, 1.82) is 0 Å². The largest absolute Gasteiger partial charge is 0.446 e. The number of primary amides is 1. The van der Waals surface area contributed by atoms with E-state index in [2.05, 4.69) is 15.2 Å². The van der Waals surface area contributed by atoms with Crippen LogP contribution in [0, 0.1) is 5.92 Å². The molecule has 104 valence electrons. The second kappa shape index (κ2) is 5.40. The predicted octanol–water partition coefficient (Wildman–Crippen LogP) is -0.270. The lowest BCUT2D eigenvalue weighted by Crippen LogP contribution is -2.37. The van der Waals surface area contributed by atoms with Crippen molar-refractivity contribution in [2.75, 3.05) is 13.6 Å². The van der Waals surface area contributed by atoms with Gasteiger partial charge in [0.2, 0.25) is 11.8 Å². The first-order valence-electron chi connectivity index (χ1n) is 6.21. The van der Waals surface area contributed by atoms with Gasteiger partial charge in [-0.05, 0) is 26.9 Å². The maximum Gasteiger partial charge on any atom is 0.270 e. The number of carbonyl (C=O) groups is 2. The van der Waals surface area contributed by atoms with E-state index in [1.807, 2.05) is 14.0 Å². The summed E-state index contributed by atoms with van der Waals surface area (Å²) in [6.45, 7) is 3.12. The topological polar surface area (TPSA) is 101 Å². The van der Waals surface area contributed by atoms with Gasteiger partial charge in [0.15, 0.2) is 5.69 Å². The molecule has 19 heavy (non-hydrogen) atoms. The van der Waals surface area contributed by atoms with Gasteiger partial charge in [-0.1, -0.05) is 0 Å². The first-order chi connectivity index (χ1) is 8.99. The molecule has 2 rings (SSSR count). The Balaban J connectivity index is 1.88. The molecule has 1 aromatic heterocycles. The van der Waals surface area contributed by atoms with Crippen molar-refractivity contribution in [3.05, 3.63) is 17.8 Å². The fourth-order valence-electron chi connectivity index (χ4n) is 2.24. The zero-order chi connectivity index (χ0) is 14.0. The van der Waals surface area contributed by atoms with E-state index >= 15 is 0 Å². The third-order valence-electron chi connectivity index (χ3n) is 3.63. The number of rotatable bonds is 4. The van der Waals surface area contributed by atoms with Crippen LogP contribution in [0.15, 0.2) is 10.7 Å². The Morgan fingerprint density at radius 2 is 2.37 bits per heavy atom. The number of likely N-dealkylation sites (tertiary alicyclic amines) is 1. The summed E-state index contributed by atoms with van der Waals surface area (Å²) in [6.07, 6.45) is 2.04. The summed E-state index contributed by atoms with van der Waals surface area (Å²) < 4.78 is 5.05. The molecule has 0 aromatic carbocycles. The number of amides is 2. The lowest BCUT2D eigenvalue weighted by atomic mass is 10.0. The molecule has 1 fully saturated rings. The fourth-order valence-corrected chi connectivity index (χ4v) is 2.24. The van der Waals surface area contributed by atoms with Crippen molar-refractivity contribution >= 4 is 11.8 Å². The molecule has 2 heterocycles. The molecular weight excluding hydrogens is 248 g/mol. The third kappa shape index (κ3) is 2.93. The number of oxazole rings is 1. The van der Waals surface area contributed by atoms with Crippen LogP contribution in [0.5, 0.6) is 0 Å². The van der Waals surface area contributed by atoms with Gasteiger partial charge in [-0.15, -0.1) is 0 Å². The summed E-state index contributed by atoms with van der Waals surface area (Å²) >= 11 is 0. The minimum Gasteiger partial charge on any atom is -0.446 e. The summed E-state index contributed by atoms with van der Waals surface area (Å²) in [7, 11) is 2.01. The number of nitrogens with two attached hydrogens (primary N) is 1. The average Bonchev–Trinajstić information content (AvgIpc) is 2.95. The summed E-state index contributed by atoms with van der Waals surface area (Å²) in [4.78, 5) is 28.9. The third-order valence-corrected chi connectivity index (χ3v) is 3.63. The molecule has 0 bridgehead atoms. The van der Waals surface area contributed by atoms with Crippen LogP contribution in [0.2, 0.25) is 0 Å². The molecule has 2 atom stereocenters. The summed E-state index contributed by atoms with van der Waals surface area (Å²) in [6, 6.07) is 0.228. The van der Waals surface area contributed by atoms with Crippen molar-refractivity contribution in [1.82, 2.24) is 15.2 Å². The first kappa shape index (κ1) is 13.5. The smallest absolute Gasteiger partial charge is 0.270 e. The second-order valence-electron chi connectivity index (χ2n) is 4.82. The van der Waals surface area contributed by atoms with Crippen molar-refractivity contribution in [3.63, 3.8) is 0 Å². The zero-order valence-electron chi connectivity index (χ0n) is 11.0. The molecule has 0 unspecified atom stereocenters. The molecule has 0 spiro atoms. The van der Waals surface area contributed by atoms with E-state index in [1.165, 1.54) is 6.26 Å². The fraction of sp³-hybridized carbons (Fsp3) is 0.583. The van der Waals surface area contributed by atoms with E-state index in [4.69, 9.17) is 10.2 Å². The molecule has 2 amide bonds. The highest BCUT2D eigenvalue weighted by Gasteiger charge is 2.33. The highest BCUT2D eigenvalue weighted by Crippen LogP contribution is 2.22. The van der Waals surface area contributed by atoms with E-state index in [-0.39, 0.29) is 36.0 Å². The molecule has 1 aliphatic heterocycles. The van der Waals surface area contributed by atoms with Crippen LogP contribution in [0.3, 0.4) is 0 Å². The van der Waals surface area contributed by atoms with Crippen LogP contribution in [0.25, 0.3) is 0 Å². The van der Waals surface area contributed by atoms with Crippen molar-refractivity contribution in [2.45, 2.75) is 25.9 Å². The minimum absolute atomic E-state index is 0.0179. The summed E-state index contributed by atoms with van der Waals surface area (Å²) in [5.74, 6) is -0.403. The number of hydrogen-bond acceptors (Lipinski definition) is 5. The standard InChI is InChI=1S/C12H18N4O3/c1-7-8(3-4-16(7)2)12(18)14-5-10-15-9(6-19-10)11(13)17/h6-8H,3-5H2,1-2H3,(H2,13,17)(H,14,18)/t7-,8-/m1/s1. The Morgan fingerprint density at radius 3 is 2.89 bits per heavy atom. The van der Waals surface area contributed by atoms with E-state index in [0.717, 1.165) is 13.0 Å². The molecule has 7 heteroatoms. The molecule has 3 N–H and O–H groups in total. The number of nitrogens with one attached hydrogen (secondary N) is 1. The normalized spacial score (nSPS) is 23.5. The lowest BCUT2D eigenvalue weighted by molar-refractivity contribution is -0.125. The molecule has 1 aromatic rings. The van der Waals surface area contributed by atoms with Gasteiger partial charge in [0, 0.05) is 6.04 Å². The quantitative estimate of drug-likeness (QED) is 0.781. The van der Waals surface area contributed by atoms with Crippen LogP contribution in [0.4, 0.5) is 0 Å². The SMILES string of the molecule is C[C@@H]1[C@H](C(=O)NCc2nc(C(N)=O)co2)CCN1C. The van der Waals surface area contributed by atoms with Crippen LogP contribution in [-0.4, -0.2) is 41.3 Å². The zero-order valence-corrected chi connectivity index (χ0v) is 11.0. The molecular formula is C12H18N4O3. The average molecular weight is 266 g/mol. The Hall–Kier alpha value is -1.89. The van der Waals surface area contributed by atoms with Crippen molar-refractivity contribution in [2.24, 2.45) is 11.7 Å². The molecule has 0 saturated carbocycles. The lowest BCUT2D eigenvalue weighted by Gasteiger charge is -2.19. The minimum atomic E-state index is -0.646. The van der Waals surface area contributed by atoms with Gasteiger partial charge in [-0.2, -0.15) is 0 Å². The first-order valence-corrected chi connectivity index (χ1v) is 6.21. The van der Waals surface area contributed by atoms with Gasteiger partial charge in [-0.25, -0.2) is 4.98 Å². The molecule has 0 radical (unpaired) electrons. The Morgan fingerprint density at radius 1 is 1.63 bits per heavy atom. The molecule has 1 aliphatic rings. The number of nitrogens with zero attached hydrogens (tertiary/aromatic N) is 2. The summed E-state index contributed by atoms with van der Waals surface area (Å²) in [5, 5.41) is 2.77. The maximum atomic E-state index is 12.0. The Kier molecular flexibility index (Phi) is 3.84. The van der Waals surface area contributed by atoms with Gasteiger partial charge in [-0.3, -0.25) is 9.59 Å². The maximum absolute atomic E-state index is 12.0. The number of aromatic nitrogens is 1. The van der Waals surface area contributed by atoms with Crippen LogP contribution in [-0.2, 0) is 11.3 Å². The van der Waals surface area contributed by atoms with E-state index in [9.17, 15) is 9.59 Å². The van der Waals surface area contributed by atoms with Gasteiger partial charge in [0.05, 0.1) is 12.5 Å². The van der Waals surface area contributed by atoms with Crippen molar-refractivity contribution in [3.8, 4) is 0 Å². The van der Waals surface area contributed by atoms with Gasteiger partial charge in [0.25, 0.3) is 5.91 Å². The summed E-state index contributed by atoms with van der Waals surface area (Å²) in [5.41, 5.74) is 5.13. The number of carbonyl (C=O) groups excluding carboxylic acids is 2. The molecule has 7 nitrogen and oxygen atoms in total. The van der Waals surface area contributed by atoms with Crippen molar-refractivity contribution < 1.29 is 14.0 Å². The van der Waals surface area contributed by atoms with E-state index in [1.54, 1.807) is 0 Å². The van der Waals surface area contributed by atoms with E-state index < -0.39 is 5.91 Å². The molecule has 1 saturated heterocycles. The molecule has 0 aliphatic carbocycles. The Bertz CT molecular complexity index is 485. The van der Waals surface area contributed by atoms with Crippen LogP contribution in [0.1, 0.15) is 29.7 Å². The van der Waals surface area contributed by atoms with Gasteiger partial charge in [0.1, 0.15) is 6.26 Å². The van der Waals surface area contributed by atoms with Crippen LogP contribution >= 0.6 is 0 Å². The monoisotopic (exact) mass is 266 g/mol. The van der Waals surface area contributed by atoms with Gasteiger partial charge < -0.3 is 20.4 Å². The highest BCUT2D eigenvalue weighted by atomic mass is 16.3. The highest BCUT2D eigenvalue weighted by molar-refractivity contribution is 5.90. The van der Waals surface area contributed by atoms with Gasteiger partial charge >= 0.3 is 0 Å². The van der Waals surface area contributed by atoms with E-state index in [0.29, 0.717) is 0 Å². The predicted molar refractivity (Wildman–Crippen MR) is 67.1 cm³/mol.